The summed E-state index contributed by atoms with van der Waals surface area (Å²) in [6, 6.07) is 8.08. The van der Waals surface area contributed by atoms with Crippen LogP contribution >= 0.6 is 12.2 Å². The van der Waals surface area contributed by atoms with E-state index in [9.17, 15) is 4.79 Å². The zero-order chi connectivity index (χ0) is 14.4. The van der Waals surface area contributed by atoms with Gasteiger partial charge >= 0.3 is 0 Å². The number of amides is 1. The minimum absolute atomic E-state index is 0.0362. The van der Waals surface area contributed by atoms with Crippen molar-refractivity contribution < 1.29 is 4.79 Å². The summed E-state index contributed by atoms with van der Waals surface area (Å²) in [5, 5.41) is 6.48. The average molecular weight is 279 g/mol. The molecule has 19 heavy (non-hydrogen) atoms. The lowest BCUT2D eigenvalue weighted by Gasteiger charge is -2.21. The van der Waals surface area contributed by atoms with Crippen LogP contribution in [0.3, 0.4) is 0 Å². The molecule has 0 aliphatic carbocycles. The molecule has 0 heterocycles. The van der Waals surface area contributed by atoms with E-state index in [2.05, 4.69) is 10.6 Å². The number of nitrogens with zero attached hydrogens (tertiary/aromatic N) is 1. The van der Waals surface area contributed by atoms with E-state index in [-0.39, 0.29) is 18.5 Å². The molecule has 2 N–H and O–H groups in total. The SMILES string of the molecule is Cc1cccc(NC(=S)N(C)CC(=O)NC(C)C)c1. The first-order valence-electron chi connectivity index (χ1n) is 6.26. The summed E-state index contributed by atoms with van der Waals surface area (Å²) in [4.78, 5) is 13.4. The minimum Gasteiger partial charge on any atom is -0.352 e. The first kappa shape index (κ1) is 15.4. The van der Waals surface area contributed by atoms with Crippen molar-refractivity contribution >= 4 is 28.9 Å². The number of hydrogen-bond acceptors (Lipinski definition) is 2. The Balaban J connectivity index is 2.51. The first-order chi connectivity index (χ1) is 8.88. The Morgan fingerprint density at radius 2 is 2.11 bits per heavy atom. The summed E-state index contributed by atoms with van der Waals surface area (Å²) in [5.41, 5.74) is 2.09. The van der Waals surface area contributed by atoms with Gasteiger partial charge in [0.15, 0.2) is 5.11 Å². The number of anilines is 1. The topological polar surface area (TPSA) is 44.4 Å². The van der Waals surface area contributed by atoms with E-state index in [1.54, 1.807) is 11.9 Å². The molecule has 0 unspecified atom stereocenters. The van der Waals surface area contributed by atoms with E-state index in [0.717, 1.165) is 11.3 Å². The quantitative estimate of drug-likeness (QED) is 0.829. The van der Waals surface area contributed by atoms with Gasteiger partial charge < -0.3 is 15.5 Å². The maximum atomic E-state index is 11.6. The van der Waals surface area contributed by atoms with Crippen LogP contribution in [0.2, 0.25) is 0 Å². The van der Waals surface area contributed by atoms with Crippen LogP contribution in [0.1, 0.15) is 19.4 Å². The molecule has 0 radical (unpaired) electrons. The highest BCUT2D eigenvalue weighted by atomic mass is 32.1. The Labute approximate surface area is 120 Å². The van der Waals surface area contributed by atoms with Crippen molar-refractivity contribution in [2.45, 2.75) is 26.8 Å². The third-order valence-corrected chi connectivity index (χ3v) is 2.86. The molecule has 0 bridgehead atoms. The lowest BCUT2D eigenvalue weighted by atomic mass is 10.2. The van der Waals surface area contributed by atoms with E-state index in [4.69, 9.17) is 12.2 Å². The van der Waals surface area contributed by atoms with Gasteiger partial charge in [-0.2, -0.15) is 0 Å². The average Bonchev–Trinajstić information content (AvgIpc) is 2.27. The van der Waals surface area contributed by atoms with Gasteiger partial charge in [0, 0.05) is 18.8 Å². The zero-order valence-electron chi connectivity index (χ0n) is 11.9. The van der Waals surface area contributed by atoms with E-state index in [0.29, 0.717) is 5.11 Å². The highest BCUT2D eigenvalue weighted by molar-refractivity contribution is 7.80. The fourth-order valence-electron chi connectivity index (χ4n) is 1.60. The highest BCUT2D eigenvalue weighted by Gasteiger charge is 2.10. The molecule has 1 aromatic rings. The fourth-order valence-corrected chi connectivity index (χ4v) is 1.78. The third-order valence-electron chi connectivity index (χ3n) is 2.45. The van der Waals surface area contributed by atoms with Crippen molar-refractivity contribution in [3.05, 3.63) is 29.8 Å². The van der Waals surface area contributed by atoms with Gasteiger partial charge in [-0.25, -0.2) is 0 Å². The van der Waals surface area contributed by atoms with Crippen LogP contribution in [0.25, 0.3) is 0 Å². The number of nitrogens with one attached hydrogen (secondary N) is 2. The van der Waals surface area contributed by atoms with Gasteiger partial charge in [-0.15, -0.1) is 0 Å². The molecule has 0 saturated carbocycles. The Kier molecular flexibility index (Phi) is 5.76. The molecule has 1 rings (SSSR count). The summed E-state index contributed by atoms with van der Waals surface area (Å²) in [6.45, 7) is 6.13. The van der Waals surface area contributed by atoms with Crippen LogP contribution < -0.4 is 10.6 Å². The molecule has 1 aromatic carbocycles. The zero-order valence-corrected chi connectivity index (χ0v) is 12.7. The number of thiocarbonyl (C=S) groups is 1. The largest absolute Gasteiger partial charge is 0.352 e. The molecule has 104 valence electrons. The Morgan fingerprint density at radius 3 is 2.68 bits per heavy atom. The normalized spacial score (nSPS) is 10.2. The molecule has 0 aliphatic rings. The van der Waals surface area contributed by atoms with Gasteiger partial charge in [-0.05, 0) is 50.7 Å². The molecule has 5 heteroatoms. The molecular formula is C14H21N3OS. The monoisotopic (exact) mass is 279 g/mol. The van der Waals surface area contributed by atoms with Crippen molar-refractivity contribution in [3.8, 4) is 0 Å². The van der Waals surface area contributed by atoms with Gasteiger partial charge in [0.25, 0.3) is 0 Å². The summed E-state index contributed by atoms with van der Waals surface area (Å²) >= 11 is 5.27. The standard InChI is InChI=1S/C14H21N3OS/c1-10(2)15-13(18)9-17(4)14(19)16-12-7-5-6-11(3)8-12/h5-8,10H,9H2,1-4H3,(H,15,18)(H,16,19). The van der Waals surface area contributed by atoms with Crippen LogP contribution in [0.4, 0.5) is 5.69 Å². The maximum absolute atomic E-state index is 11.6. The Morgan fingerprint density at radius 1 is 1.42 bits per heavy atom. The van der Waals surface area contributed by atoms with Crippen molar-refractivity contribution in [2.75, 3.05) is 18.9 Å². The van der Waals surface area contributed by atoms with Crippen LogP contribution in [-0.2, 0) is 4.79 Å². The van der Waals surface area contributed by atoms with Gasteiger partial charge in [-0.3, -0.25) is 4.79 Å². The van der Waals surface area contributed by atoms with Crippen LogP contribution in [0, 0.1) is 6.92 Å². The molecule has 0 aliphatic heterocycles. The van der Waals surface area contributed by atoms with Gasteiger partial charge in [0.2, 0.25) is 5.91 Å². The lowest BCUT2D eigenvalue weighted by Crippen LogP contribution is -2.42. The van der Waals surface area contributed by atoms with Crippen molar-refractivity contribution in [1.82, 2.24) is 10.2 Å². The predicted molar refractivity (Wildman–Crippen MR) is 83.3 cm³/mol. The van der Waals surface area contributed by atoms with Crippen molar-refractivity contribution in [3.63, 3.8) is 0 Å². The molecule has 0 aromatic heterocycles. The van der Waals surface area contributed by atoms with E-state index < -0.39 is 0 Å². The minimum atomic E-state index is -0.0362. The predicted octanol–water partition coefficient (Wildman–Crippen LogP) is 2.15. The second-order valence-corrected chi connectivity index (χ2v) is 5.26. The van der Waals surface area contributed by atoms with E-state index >= 15 is 0 Å². The molecule has 0 atom stereocenters. The number of aryl methyl sites for hydroxylation is 1. The summed E-state index contributed by atoms with van der Waals surface area (Å²) in [6.07, 6.45) is 0. The summed E-state index contributed by atoms with van der Waals surface area (Å²) in [5.74, 6) is -0.0362. The summed E-state index contributed by atoms with van der Waals surface area (Å²) < 4.78 is 0. The molecule has 0 fully saturated rings. The fraction of sp³-hybridized carbons (Fsp3) is 0.429. The molecule has 1 amide bonds. The van der Waals surface area contributed by atoms with Crippen molar-refractivity contribution in [2.24, 2.45) is 0 Å². The maximum Gasteiger partial charge on any atom is 0.239 e. The van der Waals surface area contributed by atoms with E-state index in [1.807, 2.05) is 45.0 Å². The molecular weight excluding hydrogens is 258 g/mol. The summed E-state index contributed by atoms with van der Waals surface area (Å²) in [7, 11) is 1.80. The smallest absolute Gasteiger partial charge is 0.239 e. The number of carbonyl (C=O) groups excluding carboxylic acids is 1. The van der Waals surface area contributed by atoms with E-state index in [1.165, 1.54) is 0 Å². The number of hydrogen-bond donors (Lipinski definition) is 2. The second kappa shape index (κ2) is 7.09. The number of benzene rings is 1. The van der Waals surface area contributed by atoms with Crippen LogP contribution in [-0.4, -0.2) is 35.6 Å². The van der Waals surface area contributed by atoms with Crippen molar-refractivity contribution in [1.29, 1.82) is 0 Å². The first-order valence-corrected chi connectivity index (χ1v) is 6.67. The third kappa shape index (κ3) is 5.70. The van der Waals surface area contributed by atoms with Gasteiger partial charge in [0.1, 0.15) is 0 Å². The molecule has 0 saturated heterocycles. The Bertz CT molecular complexity index is 460. The Hall–Kier alpha value is -1.62. The number of rotatable bonds is 4. The van der Waals surface area contributed by atoms with Crippen LogP contribution in [0.15, 0.2) is 24.3 Å². The lowest BCUT2D eigenvalue weighted by molar-refractivity contribution is -0.121. The number of likely N-dealkylation sites (N-methyl/N-ethyl adjacent to an activating group) is 1. The van der Waals surface area contributed by atoms with Crippen LogP contribution in [0.5, 0.6) is 0 Å². The molecule has 0 spiro atoms. The highest BCUT2D eigenvalue weighted by Crippen LogP contribution is 2.10. The second-order valence-electron chi connectivity index (χ2n) is 4.88. The number of carbonyl (C=O) groups is 1. The molecule has 4 nitrogen and oxygen atoms in total. The van der Waals surface area contributed by atoms with Gasteiger partial charge in [0.05, 0.1) is 6.54 Å². The van der Waals surface area contributed by atoms with Gasteiger partial charge in [-0.1, -0.05) is 12.1 Å².